The fourth-order valence-electron chi connectivity index (χ4n) is 2.84. The molecule has 134 valence electrons. The fourth-order valence-corrected chi connectivity index (χ4v) is 2.84. The van der Waals surface area contributed by atoms with E-state index in [-0.39, 0.29) is 6.79 Å². The first-order valence-electron chi connectivity index (χ1n) is 8.67. The number of nitrogens with one attached hydrogen (secondary N) is 2. The van der Waals surface area contributed by atoms with Gasteiger partial charge in [-0.2, -0.15) is 0 Å². The number of ether oxygens (including phenoxy) is 2. The van der Waals surface area contributed by atoms with Crippen molar-refractivity contribution in [3.63, 3.8) is 0 Å². The molecule has 1 aliphatic rings. The first kappa shape index (κ1) is 16.8. The smallest absolute Gasteiger partial charge is 0.231 e. The summed E-state index contributed by atoms with van der Waals surface area (Å²) in [5.41, 5.74) is 4.26. The van der Waals surface area contributed by atoms with Crippen molar-refractivity contribution in [1.29, 1.82) is 5.41 Å². The topological polar surface area (TPSA) is 67.2 Å². The summed E-state index contributed by atoms with van der Waals surface area (Å²) >= 11 is 0. The summed E-state index contributed by atoms with van der Waals surface area (Å²) in [5.74, 6) is 1.73. The summed E-state index contributed by atoms with van der Waals surface area (Å²) < 4.78 is 10.6. The van der Waals surface area contributed by atoms with E-state index in [9.17, 15) is 0 Å². The SMILES string of the molecule is N=C(/C=C/c1ccc(Cc2cccnc2)cc1)Nc1ccc2c(c1)OCO2. The Morgan fingerprint density at radius 2 is 1.89 bits per heavy atom. The molecule has 0 radical (unpaired) electrons. The third-order valence-electron chi connectivity index (χ3n) is 4.20. The van der Waals surface area contributed by atoms with Crippen LogP contribution in [0.4, 0.5) is 5.69 Å². The third kappa shape index (κ3) is 4.33. The highest BCUT2D eigenvalue weighted by atomic mass is 16.7. The van der Waals surface area contributed by atoms with Gasteiger partial charge in [0.25, 0.3) is 0 Å². The van der Waals surface area contributed by atoms with E-state index in [1.165, 1.54) is 11.1 Å². The van der Waals surface area contributed by atoms with Gasteiger partial charge in [-0.25, -0.2) is 0 Å². The summed E-state index contributed by atoms with van der Waals surface area (Å²) in [6.07, 6.45) is 8.18. The van der Waals surface area contributed by atoms with Gasteiger partial charge in [-0.15, -0.1) is 0 Å². The second-order valence-electron chi connectivity index (χ2n) is 6.22. The van der Waals surface area contributed by atoms with Crippen LogP contribution in [-0.2, 0) is 6.42 Å². The third-order valence-corrected chi connectivity index (χ3v) is 4.20. The van der Waals surface area contributed by atoms with Crippen LogP contribution in [0.3, 0.4) is 0 Å². The summed E-state index contributed by atoms with van der Waals surface area (Å²) in [6.45, 7) is 0.243. The van der Waals surface area contributed by atoms with Gasteiger partial charge in [0.1, 0.15) is 5.84 Å². The van der Waals surface area contributed by atoms with Gasteiger partial charge >= 0.3 is 0 Å². The molecular formula is C22H19N3O2. The van der Waals surface area contributed by atoms with Crippen LogP contribution in [0.25, 0.3) is 6.08 Å². The number of nitrogens with zero attached hydrogens (tertiary/aromatic N) is 1. The summed E-state index contributed by atoms with van der Waals surface area (Å²) in [7, 11) is 0. The number of benzene rings is 2. The maximum atomic E-state index is 8.09. The number of hydrogen-bond acceptors (Lipinski definition) is 4. The Bertz CT molecular complexity index is 967. The lowest BCUT2D eigenvalue weighted by Gasteiger charge is -2.05. The lowest BCUT2D eigenvalue weighted by Crippen LogP contribution is -2.06. The van der Waals surface area contributed by atoms with E-state index in [1.807, 2.05) is 36.5 Å². The van der Waals surface area contributed by atoms with E-state index in [4.69, 9.17) is 14.9 Å². The molecule has 5 nitrogen and oxygen atoms in total. The summed E-state index contributed by atoms with van der Waals surface area (Å²) in [5, 5.41) is 11.1. The van der Waals surface area contributed by atoms with Crippen LogP contribution in [0.1, 0.15) is 16.7 Å². The molecule has 0 atom stereocenters. The van der Waals surface area contributed by atoms with E-state index in [0.717, 1.165) is 23.4 Å². The number of fused-ring (bicyclic) bond motifs is 1. The van der Waals surface area contributed by atoms with Crippen molar-refractivity contribution in [2.75, 3.05) is 12.1 Å². The standard InChI is InChI=1S/C22H19N3O2/c23-22(25-19-8-9-20-21(13-19)27-15-26-20)10-7-16-3-5-17(6-4-16)12-18-2-1-11-24-14-18/h1-11,13-14H,12,15H2,(H2,23,25)/b10-7+. The number of aromatic nitrogens is 1. The number of anilines is 1. The molecule has 1 aliphatic heterocycles. The van der Waals surface area contributed by atoms with Crippen LogP contribution in [0.5, 0.6) is 11.5 Å². The van der Waals surface area contributed by atoms with Crippen LogP contribution in [0, 0.1) is 5.41 Å². The number of amidine groups is 1. The Kier molecular flexibility index (Phi) is 4.83. The maximum absolute atomic E-state index is 8.09. The second kappa shape index (κ2) is 7.74. The predicted molar refractivity (Wildman–Crippen MR) is 106 cm³/mol. The molecule has 3 aromatic rings. The first-order chi connectivity index (χ1) is 13.3. The molecule has 4 rings (SSSR count). The van der Waals surface area contributed by atoms with Crippen molar-refractivity contribution >= 4 is 17.6 Å². The highest BCUT2D eigenvalue weighted by Gasteiger charge is 2.13. The molecule has 1 aromatic heterocycles. The van der Waals surface area contributed by atoms with E-state index in [2.05, 4.69) is 40.6 Å². The molecule has 0 amide bonds. The molecule has 0 unspecified atom stereocenters. The normalized spacial score (nSPS) is 12.3. The maximum Gasteiger partial charge on any atom is 0.231 e. The van der Waals surface area contributed by atoms with Gasteiger partial charge in [0.2, 0.25) is 6.79 Å². The monoisotopic (exact) mass is 357 g/mol. The molecular weight excluding hydrogens is 338 g/mol. The van der Waals surface area contributed by atoms with Gasteiger partial charge in [0.15, 0.2) is 11.5 Å². The highest BCUT2D eigenvalue weighted by molar-refractivity contribution is 6.04. The molecule has 5 heteroatoms. The molecule has 2 heterocycles. The van der Waals surface area contributed by atoms with Gasteiger partial charge in [-0.05, 0) is 47.4 Å². The fraction of sp³-hybridized carbons (Fsp3) is 0.0909. The zero-order valence-corrected chi connectivity index (χ0v) is 14.7. The average Bonchev–Trinajstić information content (AvgIpc) is 3.16. The van der Waals surface area contributed by atoms with Crippen molar-refractivity contribution in [2.24, 2.45) is 0 Å². The van der Waals surface area contributed by atoms with Crippen molar-refractivity contribution < 1.29 is 9.47 Å². The average molecular weight is 357 g/mol. The van der Waals surface area contributed by atoms with Gasteiger partial charge in [-0.3, -0.25) is 10.4 Å². The van der Waals surface area contributed by atoms with Gasteiger partial charge in [0, 0.05) is 24.1 Å². The Morgan fingerprint density at radius 1 is 1.04 bits per heavy atom. The Balaban J connectivity index is 1.35. The molecule has 0 aliphatic carbocycles. The minimum absolute atomic E-state index is 0.243. The van der Waals surface area contributed by atoms with Crippen LogP contribution in [0.2, 0.25) is 0 Å². The summed E-state index contributed by atoms with van der Waals surface area (Å²) in [6, 6.07) is 17.9. The van der Waals surface area contributed by atoms with Crippen molar-refractivity contribution in [3.8, 4) is 11.5 Å². The van der Waals surface area contributed by atoms with Gasteiger partial charge in [0.05, 0.1) is 0 Å². The Hall–Kier alpha value is -3.60. The molecule has 0 spiro atoms. The lowest BCUT2D eigenvalue weighted by molar-refractivity contribution is 0.174. The molecule has 0 bridgehead atoms. The minimum atomic E-state index is 0.243. The van der Waals surface area contributed by atoms with Crippen molar-refractivity contribution in [3.05, 3.63) is 89.8 Å². The Morgan fingerprint density at radius 3 is 2.70 bits per heavy atom. The molecule has 2 N–H and O–H groups in total. The van der Waals surface area contributed by atoms with Crippen molar-refractivity contribution in [2.45, 2.75) is 6.42 Å². The predicted octanol–water partition coefficient (Wildman–Crippen LogP) is 4.50. The minimum Gasteiger partial charge on any atom is -0.454 e. The van der Waals surface area contributed by atoms with Crippen LogP contribution in [-0.4, -0.2) is 17.6 Å². The van der Waals surface area contributed by atoms with Crippen LogP contribution >= 0.6 is 0 Å². The second-order valence-corrected chi connectivity index (χ2v) is 6.22. The van der Waals surface area contributed by atoms with Crippen LogP contribution < -0.4 is 14.8 Å². The highest BCUT2D eigenvalue weighted by Crippen LogP contribution is 2.34. The number of rotatable bonds is 5. The van der Waals surface area contributed by atoms with E-state index < -0.39 is 0 Å². The van der Waals surface area contributed by atoms with Crippen molar-refractivity contribution in [1.82, 2.24) is 4.98 Å². The van der Waals surface area contributed by atoms with Gasteiger partial charge in [-0.1, -0.05) is 36.4 Å². The van der Waals surface area contributed by atoms with Crippen LogP contribution in [0.15, 0.2) is 73.1 Å². The van der Waals surface area contributed by atoms with E-state index in [0.29, 0.717) is 11.6 Å². The van der Waals surface area contributed by atoms with Gasteiger partial charge < -0.3 is 14.8 Å². The van der Waals surface area contributed by atoms with E-state index >= 15 is 0 Å². The molecule has 0 saturated heterocycles. The molecule has 27 heavy (non-hydrogen) atoms. The number of pyridine rings is 1. The largest absolute Gasteiger partial charge is 0.454 e. The number of hydrogen-bond donors (Lipinski definition) is 2. The Labute approximate surface area is 157 Å². The van der Waals surface area contributed by atoms with E-state index in [1.54, 1.807) is 12.3 Å². The first-order valence-corrected chi connectivity index (χ1v) is 8.67. The lowest BCUT2D eigenvalue weighted by atomic mass is 10.0. The molecule has 0 fully saturated rings. The zero-order valence-electron chi connectivity index (χ0n) is 14.7. The quantitative estimate of drug-likeness (QED) is 0.521. The molecule has 0 saturated carbocycles. The molecule has 2 aromatic carbocycles. The summed E-state index contributed by atoms with van der Waals surface area (Å²) in [4.78, 5) is 4.14. The zero-order chi connectivity index (χ0) is 18.5.